The number of nitrogens with zero attached hydrogens (tertiary/aromatic N) is 3. The van der Waals surface area contributed by atoms with Gasteiger partial charge in [-0.2, -0.15) is 18.4 Å². The Bertz CT molecular complexity index is 1010. The number of phenolic OH excluding ortho intramolecular Hbond substituents is 1. The van der Waals surface area contributed by atoms with Crippen molar-refractivity contribution in [3.63, 3.8) is 0 Å². The highest BCUT2D eigenvalue weighted by molar-refractivity contribution is 7.80. The van der Waals surface area contributed by atoms with E-state index in [-0.39, 0.29) is 16.5 Å². The number of hydrogen-bond donors (Lipinski definition) is 1. The number of hydrogen-bond acceptors (Lipinski definition) is 4. The van der Waals surface area contributed by atoms with Gasteiger partial charge in [-0.3, -0.25) is 0 Å². The van der Waals surface area contributed by atoms with E-state index in [0.717, 1.165) is 24.8 Å². The Kier molecular flexibility index (Phi) is 5.72. The zero-order valence-electron chi connectivity index (χ0n) is 16.0. The van der Waals surface area contributed by atoms with E-state index in [1.807, 2.05) is 0 Å². The minimum Gasteiger partial charge on any atom is -0.508 e. The van der Waals surface area contributed by atoms with Gasteiger partial charge in [-0.05, 0) is 73.9 Å². The van der Waals surface area contributed by atoms with Gasteiger partial charge in [-0.15, -0.1) is 0 Å². The number of nitriles is 1. The van der Waals surface area contributed by atoms with Gasteiger partial charge >= 0.3 is 6.18 Å². The summed E-state index contributed by atoms with van der Waals surface area (Å²) in [6.45, 7) is 0. The van der Waals surface area contributed by atoms with Gasteiger partial charge < -0.3 is 19.7 Å². The fourth-order valence-electron chi connectivity index (χ4n) is 3.43. The third-order valence-electron chi connectivity index (χ3n) is 5.29. The van der Waals surface area contributed by atoms with Crippen LogP contribution in [0.5, 0.6) is 5.75 Å². The molecule has 2 aromatic rings. The first-order chi connectivity index (χ1) is 14.1. The number of carbonyl (C=O) groups excluding carboxylic acids is 1. The van der Waals surface area contributed by atoms with Crippen molar-refractivity contribution in [1.29, 1.82) is 5.26 Å². The van der Waals surface area contributed by atoms with Gasteiger partial charge in [0, 0.05) is 18.4 Å². The summed E-state index contributed by atoms with van der Waals surface area (Å²) in [5.74, 6) is 0.0358. The lowest BCUT2D eigenvalue weighted by atomic mass is 9.76. The molecule has 0 unspecified atom stereocenters. The summed E-state index contributed by atoms with van der Waals surface area (Å²) in [6, 6.07) is 11.0. The maximum absolute atomic E-state index is 13.4. The molecule has 1 fully saturated rings. The number of benzene rings is 2. The second kappa shape index (κ2) is 7.95. The number of thiocarbonyl (C=S) groups is 1. The summed E-state index contributed by atoms with van der Waals surface area (Å²) < 4.78 is 40.1. The highest BCUT2D eigenvalue weighted by atomic mass is 32.1. The van der Waals surface area contributed by atoms with Crippen LogP contribution in [0, 0.1) is 11.3 Å². The fourth-order valence-corrected chi connectivity index (χ4v) is 3.82. The summed E-state index contributed by atoms with van der Waals surface area (Å²) in [5, 5.41) is 18.7. The molecule has 0 aliphatic heterocycles. The lowest BCUT2D eigenvalue weighted by Crippen LogP contribution is -2.60. The molecule has 0 radical (unpaired) electrons. The van der Waals surface area contributed by atoms with Crippen LogP contribution in [0.15, 0.2) is 42.5 Å². The van der Waals surface area contributed by atoms with Crippen LogP contribution in [0.4, 0.5) is 24.5 Å². The first-order valence-corrected chi connectivity index (χ1v) is 9.48. The normalized spacial score (nSPS) is 14.9. The summed E-state index contributed by atoms with van der Waals surface area (Å²) in [7, 11) is 1.51. The molecule has 30 heavy (non-hydrogen) atoms. The molecular weight excluding hydrogens is 415 g/mol. The van der Waals surface area contributed by atoms with Crippen LogP contribution in [0.25, 0.3) is 0 Å². The number of alkyl halides is 3. The predicted octanol–water partition coefficient (Wildman–Crippen LogP) is 4.63. The molecule has 156 valence electrons. The first-order valence-electron chi connectivity index (χ1n) is 9.07. The molecule has 0 saturated heterocycles. The standard InChI is InChI=1S/C21H18F3N3O2S/c1-26(16-4-3-14(12-25)18(11-16)21(22,23)24)19(30)27(20(13-28)9-2-10-20)15-5-7-17(29)8-6-15/h3-8,11,13,29H,2,9-10H2,1H3. The van der Waals surface area contributed by atoms with Crippen molar-refractivity contribution in [2.75, 3.05) is 16.8 Å². The fraction of sp³-hybridized carbons (Fsp3) is 0.286. The zero-order chi connectivity index (χ0) is 22.1. The van der Waals surface area contributed by atoms with E-state index in [1.165, 1.54) is 30.1 Å². The van der Waals surface area contributed by atoms with Crippen molar-refractivity contribution < 1.29 is 23.1 Å². The van der Waals surface area contributed by atoms with Crippen molar-refractivity contribution in [2.24, 2.45) is 0 Å². The van der Waals surface area contributed by atoms with Crippen molar-refractivity contribution in [3.8, 4) is 11.8 Å². The Morgan fingerprint density at radius 2 is 1.80 bits per heavy atom. The van der Waals surface area contributed by atoms with Crippen molar-refractivity contribution in [3.05, 3.63) is 53.6 Å². The van der Waals surface area contributed by atoms with Crippen LogP contribution in [-0.4, -0.2) is 29.1 Å². The lowest BCUT2D eigenvalue weighted by Gasteiger charge is -2.48. The van der Waals surface area contributed by atoms with Gasteiger partial charge in [-0.25, -0.2) is 0 Å². The van der Waals surface area contributed by atoms with Gasteiger partial charge in [0.1, 0.15) is 17.6 Å². The van der Waals surface area contributed by atoms with E-state index in [1.54, 1.807) is 23.1 Å². The molecule has 0 amide bonds. The topological polar surface area (TPSA) is 67.6 Å². The molecule has 0 aromatic heterocycles. The number of aromatic hydroxyl groups is 1. The number of rotatable bonds is 4. The molecular formula is C21H18F3N3O2S. The maximum Gasteiger partial charge on any atom is 0.417 e. The minimum atomic E-state index is -4.70. The Hall–Kier alpha value is -3.12. The lowest BCUT2D eigenvalue weighted by molar-refractivity contribution is -0.137. The average Bonchev–Trinajstić information content (AvgIpc) is 2.69. The summed E-state index contributed by atoms with van der Waals surface area (Å²) in [4.78, 5) is 15.0. The molecule has 5 nitrogen and oxygen atoms in total. The van der Waals surface area contributed by atoms with Gasteiger partial charge in [0.25, 0.3) is 0 Å². The molecule has 1 aliphatic carbocycles. The number of anilines is 2. The Morgan fingerprint density at radius 1 is 1.20 bits per heavy atom. The van der Waals surface area contributed by atoms with Gasteiger partial charge in [0.2, 0.25) is 0 Å². The molecule has 1 N–H and O–H groups in total. The molecule has 2 aromatic carbocycles. The second-order valence-electron chi connectivity index (χ2n) is 7.11. The van der Waals surface area contributed by atoms with E-state index in [9.17, 15) is 23.1 Å². The molecule has 0 heterocycles. The van der Waals surface area contributed by atoms with Crippen LogP contribution in [-0.2, 0) is 11.0 Å². The Balaban J connectivity index is 2.04. The van der Waals surface area contributed by atoms with Gasteiger partial charge in [0.05, 0.1) is 17.2 Å². The molecule has 1 aliphatic rings. The van der Waals surface area contributed by atoms with Crippen LogP contribution in [0.3, 0.4) is 0 Å². The SMILES string of the molecule is CN(C(=S)N(c1ccc(O)cc1)C1(C=O)CCC1)c1ccc(C#N)c(C(F)(F)F)c1. The number of halogens is 3. The Morgan fingerprint density at radius 3 is 2.27 bits per heavy atom. The smallest absolute Gasteiger partial charge is 0.417 e. The van der Waals surface area contributed by atoms with E-state index < -0.39 is 22.8 Å². The third kappa shape index (κ3) is 3.83. The number of carbonyl (C=O) groups is 1. The average molecular weight is 433 g/mol. The maximum atomic E-state index is 13.4. The van der Waals surface area contributed by atoms with Crippen LogP contribution in [0.1, 0.15) is 30.4 Å². The second-order valence-corrected chi connectivity index (χ2v) is 7.47. The third-order valence-corrected chi connectivity index (χ3v) is 5.74. The minimum absolute atomic E-state index is 0.0358. The molecule has 0 atom stereocenters. The quantitative estimate of drug-likeness (QED) is 0.560. The van der Waals surface area contributed by atoms with Crippen molar-refractivity contribution in [2.45, 2.75) is 31.0 Å². The number of phenols is 1. The zero-order valence-corrected chi connectivity index (χ0v) is 16.8. The summed E-state index contributed by atoms with van der Waals surface area (Å²) in [5.41, 5.74) is -1.76. The largest absolute Gasteiger partial charge is 0.508 e. The summed E-state index contributed by atoms with van der Waals surface area (Å²) in [6.07, 6.45) is -1.98. The van der Waals surface area contributed by atoms with Crippen LogP contribution < -0.4 is 9.80 Å². The Labute approximate surface area is 176 Å². The highest BCUT2D eigenvalue weighted by Crippen LogP contribution is 2.41. The van der Waals surface area contributed by atoms with E-state index in [0.29, 0.717) is 18.5 Å². The van der Waals surface area contributed by atoms with Crippen LogP contribution in [0.2, 0.25) is 0 Å². The predicted molar refractivity (Wildman–Crippen MR) is 110 cm³/mol. The molecule has 0 spiro atoms. The molecule has 0 bridgehead atoms. The summed E-state index contributed by atoms with van der Waals surface area (Å²) >= 11 is 5.59. The van der Waals surface area contributed by atoms with E-state index in [2.05, 4.69) is 0 Å². The molecule has 3 rings (SSSR count). The molecule has 9 heteroatoms. The number of aldehydes is 1. The van der Waals surface area contributed by atoms with Gasteiger partial charge in [0.15, 0.2) is 5.11 Å². The first kappa shape index (κ1) is 21.6. The van der Waals surface area contributed by atoms with Crippen molar-refractivity contribution in [1.82, 2.24) is 0 Å². The highest BCUT2D eigenvalue weighted by Gasteiger charge is 2.45. The van der Waals surface area contributed by atoms with Crippen molar-refractivity contribution >= 4 is 35.0 Å². The van der Waals surface area contributed by atoms with Gasteiger partial charge in [-0.1, -0.05) is 0 Å². The monoisotopic (exact) mass is 433 g/mol. The van der Waals surface area contributed by atoms with E-state index in [4.69, 9.17) is 17.5 Å². The molecule has 1 saturated carbocycles. The van der Waals surface area contributed by atoms with E-state index >= 15 is 0 Å². The van der Waals surface area contributed by atoms with Crippen LogP contribution >= 0.6 is 12.2 Å².